The van der Waals surface area contributed by atoms with E-state index in [0.29, 0.717) is 16.1 Å². The Bertz CT molecular complexity index is 884. The van der Waals surface area contributed by atoms with Gasteiger partial charge in [0.05, 0.1) is 24.2 Å². The first-order valence-corrected chi connectivity index (χ1v) is 7.48. The molecule has 1 aromatic heterocycles. The van der Waals surface area contributed by atoms with Gasteiger partial charge in [-0.2, -0.15) is 5.26 Å². The first-order chi connectivity index (χ1) is 11.7. The second-order valence-electron chi connectivity index (χ2n) is 4.95. The predicted molar refractivity (Wildman–Crippen MR) is 88.6 cm³/mol. The second-order valence-corrected chi connectivity index (χ2v) is 5.36. The third-order valence-corrected chi connectivity index (χ3v) is 3.78. The highest BCUT2D eigenvalue weighted by Crippen LogP contribution is 2.22. The minimum absolute atomic E-state index is 0.355. The summed E-state index contributed by atoms with van der Waals surface area (Å²) in [5, 5.41) is 20.1. The number of nitrogens with zero attached hydrogens (tertiary/aromatic N) is 4. The van der Waals surface area contributed by atoms with E-state index in [1.807, 2.05) is 0 Å². The fourth-order valence-electron chi connectivity index (χ4n) is 2.21. The maximum absolute atomic E-state index is 12.4. The van der Waals surface area contributed by atoms with Crippen LogP contribution in [0.4, 0.5) is 0 Å². The molecule has 0 spiro atoms. The van der Waals surface area contributed by atoms with Crippen LogP contribution in [0.15, 0.2) is 60.9 Å². The molecule has 3 aromatic rings. The van der Waals surface area contributed by atoms with Gasteiger partial charge in [-0.1, -0.05) is 35.0 Å². The van der Waals surface area contributed by atoms with Gasteiger partial charge >= 0.3 is 0 Å². The lowest BCUT2D eigenvalue weighted by molar-refractivity contribution is 0.0945. The molecule has 0 saturated heterocycles. The van der Waals surface area contributed by atoms with Gasteiger partial charge in [0.1, 0.15) is 6.04 Å². The van der Waals surface area contributed by atoms with Crippen molar-refractivity contribution in [3.63, 3.8) is 0 Å². The molecule has 0 aliphatic carbocycles. The number of carbonyl (C=O) groups is 1. The minimum Gasteiger partial charge on any atom is -0.332 e. The van der Waals surface area contributed by atoms with Gasteiger partial charge in [-0.05, 0) is 30.3 Å². The molecule has 7 heteroatoms. The number of carbonyl (C=O) groups excluding carboxylic acids is 1. The number of aromatic nitrogens is 3. The van der Waals surface area contributed by atoms with E-state index >= 15 is 0 Å². The van der Waals surface area contributed by atoms with Gasteiger partial charge in [0, 0.05) is 16.1 Å². The van der Waals surface area contributed by atoms with Crippen molar-refractivity contribution >= 4 is 17.5 Å². The Labute approximate surface area is 143 Å². The van der Waals surface area contributed by atoms with E-state index in [4.69, 9.17) is 11.6 Å². The maximum Gasteiger partial charge on any atom is 0.252 e. The lowest BCUT2D eigenvalue weighted by Crippen LogP contribution is -2.27. The summed E-state index contributed by atoms with van der Waals surface area (Å²) in [6.07, 6.45) is 3.28. The predicted octanol–water partition coefficient (Wildman–Crippen LogP) is 2.92. The monoisotopic (exact) mass is 337 g/mol. The molecular weight excluding hydrogens is 326 g/mol. The van der Waals surface area contributed by atoms with Gasteiger partial charge in [0.2, 0.25) is 0 Å². The Morgan fingerprint density at radius 1 is 1.21 bits per heavy atom. The first kappa shape index (κ1) is 15.7. The van der Waals surface area contributed by atoms with Gasteiger partial charge < -0.3 is 5.32 Å². The maximum atomic E-state index is 12.4. The van der Waals surface area contributed by atoms with Gasteiger partial charge in [-0.15, -0.1) is 5.10 Å². The van der Waals surface area contributed by atoms with Crippen LogP contribution in [0.2, 0.25) is 5.02 Å². The largest absolute Gasteiger partial charge is 0.332 e. The molecule has 1 atom stereocenters. The second kappa shape index (κ2) is 6.94. The summed E-state index contributed by atoms with van der Waals surface area (Å²) in [7, 11) is 0. The van der Waals surface area contributed by atoms with Crippen LogP contribution in [0.5, 0.6) is 0 Å². The number of hydrogen-bond donors (Lipinski definition) is 1. The molecule has 6 nitrogen and oxygen atoms in total. The highest BCUT2D eigenvalue weighted by molar-refractivity contribution is 6.31. The van der Waals surface area contributed by atoms with Crippen LogP contribution >= 0.6 is 11.6 Å². The zero-order valence-electron chi connectivity index (χ0n) is 12.4. The normalized spacial score (nSPS) is 11.5. The molecule has 0 aliphatic rings. The summed E-state index contributed by atoms with van der Waals surface area (Å²) in [5.41, 5.74) is 1.78. The molecule has 118 valence electrons. The Morgan fingerprint density at radius 2 is 1.96 bits per heavy atom. The molecule has 3 rings (SSSR count). The third-order valence-electron chi connectivity index (χ3n) is 3.44. The number of amides is 1. The fraction of sp³-hybridized carbons (Fsp3) is 0.0588. The molecule has 1 unspecified atom stereocenters. The number of rotatable bonds is 4. The Hall–Kier alpha value is -3.17. The topological polar surface area (TPSA) is 83.6 Å². The van der Waals surface area contributed by atoms with Crippen LogP contribution in [0.25, 0.3) is 5.69 Å². The summed E-state index contributed by atoms with van der Waals surface area (Å²) in [4.78, 5) is 12.4. The average molecular weight is 338 g/mol. The summed E-state index contributed by atoms with van der Waals surface area (Å²) >= 11 is 6.09. The lowest BCUT2D eigenvalue weighted by Gasteiger charge is -2.13. The lowest BCUT2D eigenvalue weighted by atomic mass is 10.1. The number of nitrogens with one attached hydrogen (secondary N) is 1. The van der Waals surface area contributed by atoms with E-state index in [-0.39, 0.29) is 5.91 Å². The van der Waals surface area contributed by atoms with Crippen LogP contribution in [0.3, 0.4) is 0 Å². The molecule has 0 saturated carbocycles. The molecule has 2 aromatic carbocycles. The zero-order chi connectivity index (χ0) is 16.9. The van der Waals surface area contributed by atoms with Crippen molar-refractivity contribution in [1.82, 2.24) is 20.3 Å². The number of hydrogen-bond acceptors (Lipinski definition) is 4. The molecule has 0 radical (unpaired) electrons. The molecule has 0 bridgehead atoms. The van der Waals surface area contributed by atoms with E-state index in [9.17, 15) is 10.1 Å². The van der Waals surface area contributed by atoms with E-state index < -0.39 is 6.04 Å². The Balaban J connectivity index is 1.77. The van der Waals surface area contributed by atoms with Gasteiger partial charge in [0.15, 0.2) is 0 Å². The Kier molecular flexibility index (Phi) is 4.54. The van der Waals surface area contributed by atoms with E-state index in [0.717, 1.165) is 5.69 Å². The highest BCUT2D eigenvalue weighted by Gasteiger charge is 2.17. The first-order valence-electron chi connectivity index (χ1n) is 7.10. The number of benzene rings is 2. The summed E-state index contributed by atoms with van der Waals surface area (Å²) in [6.45, 7) is 0. The number of nitriles is 1. The van der Waals surface area contributed by atoms with Crippen LogP contribution in [-0.2, 0) is 0 Å². The SMILES string of the molecule is N#CC(NC(=O)c1ccc(-n2ccnn2)cc1)c1ccccc1Cl. The molecule has 24 heavy (non-hydrogen) atoms. The van der Waals surface area contributed by atoms with Crippen molar-refractivity contribution in [2.75, 3.05) is 0 Å². The third kappa shape index (κ3) is 3.26. The zero-order valence-corrected chi connectivity index (χ0v) is 13.2. The van der Waals surface area contributed by atoms with Crippen LogP contribution in [0, 0.1) is 11.3 Å². The molecule has 1 amide bonds. The molecular formula is C17H12ClN5O. The van der Waals surface area contributed by atoms with Gasteiger partial charge in [-0.3, -0.25) is 4.79 Å². The van der Waals surface area contributed by atoms with Crippen molar-refractivity contribution in [2.24, 2.45) is 0 Å². The quantitative estimate of drug-likeness (QED) is 0.793. The van der Waals surface area contributed by atoms with Crippen LogP contribution in [-0.4, -0.2) is 20.9 Å². The standard InChI is InChI=1S/C17H12ClN5O/c18-15-4-2-1-3-14(15)16(11-19)21-17(24)12-5-7-13(8-6-12)23-10-9-20-22-23/h1-10,16H,(H,21,24). The molecule has 1 heterocycles. The van der Waals surface area contributed by atoms with Crippen molar-refractivity contribution in [3.8, 4) is 11.8 Å². The van der Waals surface area contributed by atoms with Crippen molar-refractivity contribution < 1.29 is 4.79 Å². The summed E-state index contributed by atoms with van der Waals surface area (Å²) in [5.74, 6) is -0.355. The van der Waals surface area contributed by atoms with Crippen molar-refractivity contribution in [3.05, 3.63) is 77.1 Å². The van der Waals surface area contributed by atoms with Crippen LogP contribution < -0.4 is 5.32 Å². The van der Waals surface area contributed by atoms with Gasteiger partial charge in [-0.25, -0.2) is 4.68 Å². The molecule has 1 N–H and O–H groups in total. The van der Waals surface area contributed by atoms with Crippen molar-refractivity contribution in [2.45, 2.75) is 6.04 Å². The molecule has 0 fully saturated rings. The minimum atomic E-state index is -0.818. The van der Waals surface area contributed by atoms with E-state index in [1.165, 1.54) is 0 Å². The smallest absolute Gasteiger partial charge is 0.252 e. The average Bonchev–Trinajstić information content (AvgIpc) is 3.15. The molecule has 0 aliphatic heterocycles. The van der Waals surface area contributed by atoms with E-state index in [1.54, 1.807) is 65.6 Å². The summed E-state index contributed by atoms with van der Waals surface area (Å²) < 4.78 is 1.59. The Morgan fingerprint density at radius 3 is 2.58 bits per heavy atom. The summed E-state index contributed by atoms with van der Waals surface area (Å²) in [6, 6.07) is 15.0. The van der Waals surface area contributed by atoms with Gasteiger partial charge in [0.25, 0.3) is 5.91 Å². The number of halogens is 1. The van der Waals surface area contributed by atoms with Crippen LogP contribution in [0.1, 0.15) is 22.0 Å². The van der Waals surface area contributed by atoms with Crippen molar-refractivity contribution in [1.29, 1.82) is 5.26 Å². The van der Waals surface area contributed by atoms with E-state index in [2.05, 4.69) is 21.7 Å². The fourth-order valence-corrected chi connectivity index (χ4v) is 2.46. The highest BCUT2D eigenvalue weighted by atomic mass is 35.5.